The molecular weight excluding hydrogens is 211 g/mol. The average molecular weight is 223 g/mol. The van der Waals surface area contributed by atoms with Crippen LogP contribution < -0.4 is 5.73 Å². The van der Waals surface area contributed by atoms with Gasteiger partial charge in [-0.15, -0.1) is 0 Å². The van der Waals surface area contributed by atoms with Crippen LogP contribution in [-0.2, 0) is 39.1 Å². The Morgan fingerprint density at radius 2 is 2.27 bits per heavy atom. The molecular formula is C9H12NY-. The molecule has 0 saturated carbocycles. The molecule has 1 nitrogen and oxygen atoms in total. The monoisotopic (exact) mass is 223 g/mol. The summed E-state index contributed by atoms with van der Waals surface area (Å²) >= 11 is 0. The Labute approximate surface area is 93.2 Å². The number of hydrogen-bond acceptors (Lipinski definition) is 1. The van der Waals surface area contributed by atoms with E-state index in [0.717, 1.165) is 13.0 Å². The van der Waals surface area contributed by atoms with Crippen molar-refractivity contribution in [3.63, 3.8) is 0 Å². The third kappa shape index (κ3) is 3.46. The summed E-state index contributed by atoms with van der Waals surface area (Å²) < 4.78 is 0. The maximum absolute atomic E-state index is 5.42. The quantitative estimate of drug-likeness (QED) is 0.751. The van der Waals surface area contributed by atoms with Gasteiger partial charge >= 0.3 is 0 Å². The molecule has 0 saturated heterocycles. The molecule has 2 heteroatoms. The first-order chi connectivity index (χ1) is 4.84. The van der Waals surface area contributed by atoms with E-state index in [9.17, 15) is 0 Å². The van der Waals surface area contributed by atoms with Crippen LogP contribution in [0.25, 0.3) is 0 Å². The van der Waals surface area contributed by atoms with Crippen LogP contribution in [0.4, 0.5) is 0 Å². The van der Waals surface area contributed by atoms with Crippen molar-refractivity contribution in [2.75, 3.05) is 6.54 Å². The third-order valence-corrected chi connectivity index (χ3v) is 1.60. The van der Waals surface area contributed by atoms with E-state index in [2.05, 4.69) is 19.1 Å². The summed E-state index contributed by atoms with van der Waals surface area (Å²) in [6, 6.07) is 9.01. The van der Waals surface area contributed by atoms with E-state index in [-0.39, 0.29) is 32.7 Å². The van der Waals surface area contributed by atoms with Gasteiger partial charge in [0, 0.05) is 32.7 Å². The van der Waals surface area contributed by atoms with E-state index in [1.54, 1.807) is 0 Å². The minimum Gasteiger partial charge on any atom is -0.330 e. The average Bonchev–Trinajstić information content (AvgIpc) is 1.94. The normalized spacial score (nSPS) is 8.91. The van der Waals surface area contributed by atoms with Crippen LogP contribution in [-0.4, -0.2) is 6.54 Å². The van der Waals surface area contributed by atoms with Gasteiger partial charge < -0.3 is 5.73 Å². The smallest absolute Gasteiger partial charge is 0 e. The molecule has 0 fully saturated rings. The van der Waals surface area contributed by atoms with E-state index in [1.807, 2.05) is 12.1 Å². The summed E-state index contributed by atoms with van der Waals surface area (Å²) in [5, 5.41) is 0. The van der Waals surface area contributed by atoms with Crippen molar-refractivity contribution in [2.45, 2.75) is 13.3 Å². The molecule has 1 aromatic carbocycles. The molecule has 1 aromatic rings. The number of aryl methyl sites for hydroxylation is 1. The van der Waals surface area contributed by atoms with Crippen LogP contribution in [0.15, 0.2) is 18.2 Å². The molecule has 0 aromatic heterocycles. The van der Waals surface area contributed by atoms with Crippen molar-refractivity contribution in [1.29, 1.82) is 0 Å². The molecule has 2 N–H and O–H groups in total. The number of nitrogens with two attached hydrogens (primary N) is 1. The Balaban J connectivity index is 0.000001000. The fourth-order valence-corrected chi connectivity index (χ4v) is 0.982. The molecule has 0 bridgehead atoms. The second-order valence-electron chi connectivity index (χ2n) is 2.39. The molecule has 11 heavy (non-hydrogen) atoms. The number of benzene rings is 1. The van der Waals surface area contributed by atoms with Crippen molar-refractivity contribution in [2.24, 2.45) is 5.73 Å². The molecule has 0 atom stereocenters. The van der Waals surface area contributed by atoms with Gasteiger partial charge in [0.15, 0.2) is 0 Å². The standard InChI is InChI=1S/C9H12N.Y/c1-8-4-2-3-5-9(8)6-7-10;/h3-5H,6-7,10H2,1H3;/q-1;. The summed E-state index contributed by atoms with van der Waals surface area (Å²) in [6.45, 7) is 2.81. The van der Waals surface area contributed by atoms with E-state index in [0.29, 0.717) is 0 Å². The molecule has 0 aliphatic carbocycles. The summed E-state index contributed by atoms with van der Waals surface area (Å²) in [7, 11) is 0. The van der Waals surface area contributed by atoms with Gasteiger partial charge in [-0.25, -0.2) is 0 Å². The van der Waals surface area contributed by atoms with Crippen LogP contribution in [0.5, 0.6) is 0 Å². The Hall–Kier alpha value is 0.284. The van der Waals surface area contributed by atoms with E-state index in [1.165, 1.54) is 11.1 Å². The minimum atomic E-state index is 0. The molecule has 0 aliphatic rings. The van der Waals surface area contributed by atoms with Crippen molar-refractivity contribution in [3.05, 3.63) is 35.4 Å². The Morgan fingerprint density at radius 3 is 2.82 bits per heavy atom. The van der Waals surface area contributed by atoms with Crippen molar-refractivity contribution < 1.29 is 32.7 Å². The SMILES string of the molecule is Cc1c[c-]ccc1CCN.[Y]. The number of rotatable bonds is 2. The summed E-state index contributed by atoms with van der Waals surface area (Å²) in [5.74, 6) is 0. The zero-order chi connectivity index (χ0) is 7.40. The fraction of sp³-hybridized carbons (Fsp3) is 0.333. The maximum Gasteiger partial charge on any atom is 0 e. The second-order valence-corrected chi connectivity index (χ2v) is 2.39. The first kappa shape index (κ1) is 11.3. The summed E-state index contributed by atoms with van der Waals surface area (Å²) in [6.07, 6.45) is 0.973. The van der Waals surface area contributed by atoms with Gasteiger partial charge in [-0.3, -0.25) is 0 Å². The zero-order valence-electron chi connectivity index (χ0n) is 6.80. The molecule has 0 aliphatic heterocycles. The van der Waals surface area contributed by atoms with Crippen LogP contribution in [0.3, 0.4) is 0 Å². The summed E-state index contributed by atoms with van der Waals surface area (Å²) in [4.78, 5) is 0. The van der Waals surface area contributed by atoms with Gasteiger partial charge in [-0.05, 0) is 13.0 Å². The van der Waals surface area contributed by atoms with Gasteiger partial charge in [0.1, 0.15) is 0 Å². The van der Waals surface area contributed by atoms with Crippen molar-refractivity contribution >= 4 is 0 Å². The molecule has 0 amide bonds. The Morgan fingerprint density at radius 1 is 1.55 bits per heavy atom. The van der Waals surface area contributed by atoms with Crippen LogP contribution >= 0.6 is 0 Å². The van der Waals surface area contributed by atoms with E-state index in [4.69, 9.17) is 5.73 Å². The topological polar surface area (TPSA) is 26.0 Å². The van der Waals surface area contributed by atoms with Gasteiger partial charge in [0.2, 0.25) is 0 Å². The third-order valence-electron chi connectivity index (χ3n) is 1.60. The van der Waals surface area contributed by atoms with E-state index < -0.39 is 0 Å². The largest absolute Gasteiger partial charge is 0.330 e. The van der Waals surface area contributed by atoms with Crippen LogP contribution in [0, 0.1) is 13.0 Å². The number of hydrogen-bond donors (Lipinski definition) is 1. The zero-order valence-corrected chi connectivity index (χ0v) is 9.64. The predicted molar refractivity (Wildman–Crippen MR) is 42.8 cm³/mol. The van der Waals surface area contributed by atoms with Crippen LogP contribution in [0.1, 0.15) is 11.1 Å². The van der Waals surface area contributed by atoms with Gasteiger partial charge in [0.05, 0.1) is 0 Å². The summed E-state index contributed by atoms with van der Waals surface area (Å²) in [5.41, 5.74) is 8.04. The Bertz CT molecular complexity index is 210. The van der Waals surface area contributed by atoms with Gasteiger partial charge in [-0.1, -0.05) is 6.92 Å². The van der Waals surface area contributed by atoms with Gasteiger partial charge in [-0.2, -0.15) is 35.4 Å². The van der Waals surface area contributed by atoms with Crippen molar-refractivity contribution in [3.8, 4) is 0 Å². The molecule has 0 unspecified atom stereocenters. The molecule has 0 heterocycles. The predicted octanol–water partition coefficient (Wildman–Crippen LogP) is 1.29. The maximum atomic E-state index is 5.42. The molecule has 57 valence electrons. The van der Waals surface area contributed by atoms with Gasteiger partial charge in [0.25, 0.3) is 0 Å². The second kappa shape index (κ2) is 5.87. The van der Waals surface area contributed by atoms with Crippen molar-refractivity contribution in [1.82, 2.24) is 0 Å². The van der Waals surface area contributed by atoms with E-state index >= 15 is 0 Å². The fourth-order valence-electron chi connectivity index (χ4n) is 0.982. The molecule has 1 radical (unpaired) electrons. The molecule has 1 rings (SSSR count). The molecule has 0 spiro atoms. The van der Waals surface area contributed by atoms with Crippen LogP contribution in [0.2, 0.25) is 0 Å². The minimum absolute atomic E-state index is 0. The first-order valence-corrected chi connectivity index (χ1v) is 3.50. The first-order valence-electron chi connectivity index (χ1n) is 3.50. The Kier molecular flexibility index (Phi) is 6.03.